The van der Waals surface area contributed by atoms with Gasteiger partial charge in [-0.2, -0.15) is 0 Å². The molecule has 0 unspecified atom stereocenters. The molecule has 6 nitrogen and oxygen atoms in total. The molecule has 25 heavy (non-hydrogen) atoms. The highest BCUT2D eigenvalue weighted by atomic mass is 32.2. The van der Waals surface area contributed by atoms with Gasteiger partial charge in [-0.25, -0.2) is 9.59 Å². The first-order chi connectivity index (χ1) is 12.0. The maximum absolute atomic E-state index is 12.4. The van der Waals surface area contributed by atoms with Gasteiger partial charge in [0.15, 0.2) is 0 Å². The van der Waals surface area contributed by atoms with Crippen LogP contribution in [-0.4, -0.2) is 31.2 Å². The van der Waals surface area contributed by atoms with E-state index >= 15 is 0 Å². The van der Waals surface area contributed by atoms with Gasteiger partial charge in [0.25, 0.3) is 5.91 Å². The molecule has 2 N–H and O–H groups in total. The summed E-state index contributed by atoms with van der Waals surface area (Å²) in [7, 11) is 1.39. The Labute approximate surface area is 149 Å². The van der Waals surface area contributed by atoms with Gasteiger partial charge in [-0.15, -0.1) is 11.8 Å². The predicted molar refractivity (Wildman–Crippen MR) is 95.4 cm³/mol. The largest absolute Gasteiger partial charge is 0.444 e. The summed E-state index contributed by atoms with van der Waals surface area (Å²) in [5.41, 5.74) is 0.796. The molecule has 7 heteroatoms. The molecule has 3 amide bonds. The number of imide groups is 1. The summed E-state index contributed by atoms with van der Waals surface area (Å²) >= 11 is 1.55. The number of esters is 1. The highest BCUT2D eigenvalue weighted by Crippen LogP contribution is 2.21. The zero-order valence-electron chi connectivity index (χ0n) is 13.8. The molecule has 0 bridgehead atoms. The van der Waals surface area contributed by atoms with Gasteiger partial charge in [0.2, 0.25) is 6.10 Å². The number of nitrogens with one attached hydrogen (secondary N) is 2. The molecule has 1 atom stereocenters. The SMILES string of the molecule is CNC(=O)NC(=O)[C@H](OC(=O)c1ccc(SC)cc1)c1ccccc1. The molecule has 2 aromatic rings. The summed E-state index contributed by atoms with van der Waals surface area (Å²) < 4.78 is 5.37. The average Bonchev–Trinajstić information content (AvgIpc) is 2.66. The normalized spacial score (nSPS) is 11.3. The Bertz CT molecular complexity index is 747. The lowest BCUT2D eigenvalue weighted by Crippen LogP contribution is -2.41. The number of carbonyl (C=O) groups excluding carboxylic acids is 3. The first kappa shape index (κ1) is 18.5. The minimum atomic E-state index is -1.23. The second-order valence-electron chi connectivity index (χ2n) is 4.99. The molecule has 0 radical (unpaired) electrons. The fourth-order valence-corrected chi connectivity index (χ4v) is 2.45. The minimum absolute atomic E-state index is 0.325. The van der Waals surface area contributed by atoms with Crippen molar-refractivity contribution in [3.05, 3.63) is 65.7 Å². The molecule has 0 spiro atoms. The van der Waals surface area contributed by atoms with Crippen LogP contribution in [0.15, 0.2) is 59.5 Å². The Morgan fingerprint density at radius 3 is 2.20 bits per heavy atom. The Hall–Kier alpha value is -2.80. The van der Waals surface area contributed by atoms with E-state index in [1.165, 1.54) is 7.05 Å². The van der Waals surface area contributed by atoms with E-state index in [0.717, 1.165) is 4.90 Å². The predicted octanol–water partition coefficient (Wildman–Crippen LogP) is 2.76. The smallest absolute Gasteiger partial charge is 0.339 e. The number of benzene rings is 2. The van der Waals surface area contributed by atoms with Crippen LogP contribution in [0.5, 0.6) is 0 Å². The van der Waals surface area contributed by atoms with E-state index in [0.29, 0.717) is 11.1 Å². The molecule has 130 valence electrons. The Morgan fingerprint density at radius 2 is 1.64 bits per heavy atom. The quantitative estimate of drug-likeness (QED) is 0.634. The third-order valence-electron chi connectivity index (χ3n) is 3.35. The van der Waals surface area contributed by atoms with Gasteiger partial charge in [-0.3, -0.25) is 10.1 Å². The Kier molecular flexibility index (Phi) is 6.59. The molecule has 0 aliphatic rings. The number of ether oxygens (including phenoxy) is 1. The number of thioether (sulfide) groups is 1. The van der Waals surface area contributed by atoms with Gasteiger partial charge >= 0.3 is 12.0 Å². The average molecular weight is 358 g/mol. The highest BCUT2D eigenvalue weighted by molar-refractivity contribution is 7.98. The number of rotatable bonds is 5. The van der Waals surface area contributed by atoms with Crippen LogP contribution < -0.4 is 10.6 Å². The molecule has 0 aliphatic carbocycles. The molecule has 0 saturated carbocycles. The van der Waals surface area contributed by atoms with Crippen LogP contribution in [0.3, 0.4) is 0 Å². The van der Waals surface area contributed by atoms with Crippen molar-refractivity contribution in [3.8, 4) is 0 Å². The number of amides is 3. The molecule has 2 rings (SSSR count). The lowest BCUT2D eigenvalue weighted by molar-refractivity contribution is -0.129. The molecule has 0 aromatic heterocycles. The van der Waals surface area contributed by atoms with E-state index < -0.39 is 24.0 Å². The second-order valence-corrected chi connectivity index (χ2v) is 5.87. The summed E-state index contributed by atoms with van der Waals surface area (Å²) in [5.74, 6) is -1.37. The molecule has 0 aliphatic heterocycles. The van der Waals surface area contributed by atoms with Crippen LogP contribution in [0, 0.1) is 0 Å². The summed E-state index contributed by atoms with van der Waals surface area (Å²) in [4.78, 5) is 37.1. The summed E-state index contributed by atoms with van der Waals surface area (Å²) in [6.45, 7) is 0. The van der Waals surface area contributed by atoms with Crippen LogP contribution in [0.2, 0.25) is 0 Å². The summed E-state index contributed by atoms with van der Waals surface area (Å²) in [5, 5.41) is 4.42. The maximum Gasteiger partial charge on any atom is 0.339 e. The molecule has 0 fully saturated rings. The van der Waals surface area contributed by atoms with Crippen LogP contribution in [0.1, 0.15) is 22.0 Å². The van der Waals surface area contributed by atoms with E-state index in [1.807, 2.05) is 6.26 Å². The summed E-state index contributed by atoms with van der Waals surface area (Å²) in [6.07, 6.45) is 0.702. The van der Waals surface area contributed by atoms with Crippen molar-refractivity contribution in [1.82, 2.24) is 10.6 Å². The van der Waals surface area contributed by atoms with Crippen LogP contribution in [0.25, 0.3) is 0 Å². The van der Waals surface area contributed by atoms with Gasteiger partial charge in [-0.05, 0) is 30.5 Å². The summed E-state index contributed by atoms with van der Waals surface area (Å²) in [6, 6.07) is 14.7. The van der Waals surface area contributed by atoms with Gasteiger partial charge in [0.1, 0.15) is 0 Å². The van der Waals surface area contributed by atoms with E-state index in [1.54, 1.807) is 66.4 Å². The van der Waals surface area contributed by atoms with E-state index in [9.17, 15) is 14.4 Å². The van der Waals surface area contributed by atoms with Gasteiger partial charge in [0.05, 0.1) is 5.56 Å². The number of carbonyl (C=O) groups is 3. The van der Waals surface area contributed by atoms with Gasteiger partial charge in [0, 0.05) is 17.5 Å². The van der Waals surface area contributed by atoms with Crippen LogP contribution >= 0.6 is 11.8 Å². The first-order valence-corrected chi connectivity index (χ1v) is 8.70. The van der Waals surface area contributed by atoms with Crippen LogP contribution in [-0.2, 0) is 9.53 Å². The first-order valence-electron chi connectivity index (χ1n) is 7.47. The van der Waals surface area contributed by atoms with Crippen molar-refractivity contribution < 1.29 is 19.1 Å². The van der Waals surface area contributed by atoms with Crippen molar-refractivity contribution >= 4 is 29.7 Å². The van der Waals surface area contributed by atoms with Crippen molar-refractivity contribution in [3.63, 3.8) is 0 Å². The topological polar surface area (TPSA) is 84.5 Å². The number of hydrogen-bond acceptors (Lipinski definition) is 5. The van der Waals surface area contributed by atoms with E-state index in [2.05, 4.69) is 10.6 Å². The Morgan fingerprint density at radius 1 is 1.00 bits per heavy atom. The van der Waals surface area contributed by atoms with E-state index in [4.69, 9.17) is 4.74 Å². The monoisotopic (exact) mass is 358 g/mol. The van der Waals surface area contributed by atoms with Crippen molar-refractivity contribution in [2.45, 2.75) is 11.0 Å². The number of urea groups is 1. The van der Waals surface area contributed by atoms with Gasteiger partial charge < -0.3 is 10.1 Å². The third-order valence-corrected chi connectivity index (χ3v) is 4.10. The Balaban J connectivity index is 2.21. The zero-order valence-corrected chi connectivity index (χ0v) is 14.6. The van der Waals surface area contributed by atoms with Crippen LogP contribution in [0.4, 0.5) is 4.79 Å². The molecule has 0 saturated heterocycles. The van der Waals surface area contributed by atoms with Gasteiger partial charge in [-0.1, -0.05) is 30.3 Å². The molecule has 2 aromatic carbocycles. The molecule has 0 heterocycles. The van der Waals surface area contributed by atoms with E-state index in [-0.39, 0.29) is 0 Å². The molecular weight excluding hydrogens is 340 g/mol. The fraction of sp³-hybridized carbons (Fsp3) is 0.167. The maximum atomic E-state index is 12.4. The minimum Gasteiger partial charge on any atom is -0.444 e. The van der Waals surface area contributed by atoms with Crippen molar-refractivity contribution in [2.75, 3.05) is 13.3 Å². The lowest BCUT2D eigenvalue weighted by atomic mass is 10.1. The highest BCUT2D eigenvalue weighted by Gasteiger charge is 2.26. The van der Waals surface area contributed by atoms with Crippen molar-refractivity contribution in [1.29, 1.82) is 0 Å². The lowest BCUT2D eigenvalue weighted by Gasteiger charge is -2.17. The molecular formula is C18H18N2O4S. The zero-order chi connectivity index (χ0) is 18.2. The standard InChI is InChI=1S/C18H18N2O4S/c1-19-18(23)20-16(21)15(12-6-4-3-5-7-12)24-17(22)13-8-10-14(25-2)11-9-13/h3-11,15H,1-2H3,(H2,19,20,21,23)/t15-/m1/s1. The second kappa shape index (κ2) is 8.89. The third kappa shape index (κ3) is 5.09. The fourth-order valence-electron chi connectivity index (χ4n) is 2.04. The number of hydrogen-bond donors (Lipinski definition) is 2. The van der Waals surface area contributed by atoms with Crippen molar-refractivity contribution in [2.24, 2.45) is 0 Å².